The topological polar surface area (TPSA) is 53.1 Å². The number of aromatic nitrogens is 2. The maximum absolute atomic E-state index is 4.60. The predicted octanol–water partition coefficient (Wildman–Crippen LogP) is 1.88. The van der Waals surface area contributed by atoms with Crippen LogP contribution in [-0.4, -0.2) is 42.7 Å². The molecule has 5 heteroatoms. The van der Waals surface area contributed by atoms with Crippen molar-refractivity contribution >= 4 is 11.8 Å². The van der Waals surface area contributed by atoms with Crippen LogP contribution in [0, 0.1) is 0 Å². The summed E-state index contributed by atoms with van der Waals surface area (Å²) >= 11 is 0. The van der Waals surface area contributed by atoms with Crippen LogP contribution in [0.15, 0.2) is 12.3 Å². The fourth-order valence-electron chi connectivity index (χ4n) is 2.37. The van der Waals surface area contributed by atoms with Crippen molar-refractivity contribution < 1.29 is 0 Å². The summed E-state index contributed by atoms with van der Waals surface area (Å²) < 4.78 is 0. The van der Waals surface area contributed by atoms with Crippen molar-refractivity contribution in [2.45, 2.75) is 38.6 Å². The fraction of sp³-hybridized carbons (Fsp3) is 0.714. The quantitative estimate of drug-likeness (QED) is 0.768. The Labute approximate surface area is 115 Å². The van der Waals surface area contributed by atoms with E-state index < -0.39 is 0 Å². The first-order valence-corrected chi connectivity index (χ1v) is 7.31. The van der Waals surface area contributed by atoms with Crippen LogP contribution >= 0.6 is 0 Å². The van der Waals surface area contributed by atoms with Crippen LogP contribution in [0.3, 0.4) is 0 Å². The van der Waals surface area contributed by atoms with E-state index in [1.165, 1.54) is 12.8 Å². The van der Waals surface area contributed by atoms with E-state index in [2.05, 4.69) is 39.5 Å². The largest absolute Gasteiger partial charge is 0.370 e. The van der Waals surface area contributed by atoms with Gasteiger partial charge in [-0.3, -0.25) is 0 Å². The Kier molecular flexibility index (Phi) is 5.39. The smallest absolute Gasteiger partial charge is 0.227 e. The molecule has 19 heavy (non-hydrogen) atoms. The molecule has 1 saturated heterocycles. The first-order chi connectivity index (χ1) is 9.31. The first-order valence-electron chi connectivity index (χ1n) is 7.31. The molecular formula is C14H25N5. The summed E-state index contributed by atoms with van der Waals surface area (Å²) in [7, 11) is 2.10. The number of nitrogens with zero attached hydrogens (tertiary/aromatic N) is 3. The lowest BCUT2D eigenvalue weighted by Crippen LogP contribution is -2.41. The Morgan fingerprint density at radius 2 is 2.21 bits per heavy atom. The molecule has 2 N–H and O–H groups in total. The maximum atomic E-state index is 4.60. The fourth-order valence-corrected chi connectivity index (χ4v) is 2.37. The molecule has 1 aromatic heterocycles. The lowest BCUT2D eigenvalue weighted by atomic mass is 10.1. The van der Waals surface area contributed by atoms with E-state index in [0.29, 0.717) is 6.04 Å². The van der Waals surface area contributed by atoms with Crippen LogP contribution in [0.4, 0.5) is 11.8 Å². The highest BCUT2D eigenvalue weighted by atomic mass is 15.3. The molecule has 2 rings (SSSR count). The average Bonchev–Trinajstić information content (AvgIpc) is 2.48. The number of nitrogens with one attached hydrogen (secondary N) is 2. The van der Waals surface area contributed by atoms with Gasteiger partial charge >= 0.3 is 0 Å². The van der Waals surface area contributed by atoms with Gasteiger partial charge in [0.05, 0.1) is 0 Å². The highest BCUT2D eigenvalue weighted by molar-refractivity contribution is 5.41. The second kappa shape index (κ2) is 7.28. The highest BCUT2D eigenvalue weighted by Crippen LogP contribution is 2.17. The van der Waals surface area contributed by atoms with Gasteiger partial charge in [0.2, 0.25) is 5.95 Å². The second-order valence-electron chi connectivity index (χ2n) is 5.11. The molecule has 5 nitrogen and oxygen atoms in total. The van der Waals surface area contributed by atoms with Gasteiger partial charge in [-0.1, -0.05) is 13.3 Å². The zero-order valence-electron chi connectivity index (χ0n) is 12.0. The summed E-state index contributed by atoms with van der Waals surface area (Å²) in [5, 5.41) is 6.74. The third-order valence-corrected chi connectivity index (χ3v) is 3.65. The van der Waals surface area contributed by atoms with E-state index in [4.69, 9.17) is 0 Å². The van der Waals surface area contributed by atoms with E-state index >= 15 is 0 Å². The van der Waals surface area contributed by atoms with Crippen molar-refractivity contribution in [3.8, 4) is 0 Å². The van der Waals surface area contributed by atoms with E-state index in [1.807, 2.05) is 12.3 Å². The Hall–Kier alpha value is -1.36. The zero-order valence-corrected chi connectivity index (χ0v) is 12.0. The summed E-state index contributed by atoms with van der Waals surface area (Å²) in [6.45, 7) is 5.34. The maximum Gasteiger partial charge on any atom is 0.227 e. The summed E-state index contributed by atoms with van der Waals surface area (Å²) in [6, 6.07) is 2.49. The minimum Gasteiger partial charge on any atom is -0.370 e. The molecule has 1 aliphatic heterocycles. The molecular weight excluding hydrogens is 238 g/mol. The lowest BCUT2D eigenvalue weighted by molar-refractivity contribution is 0.440. The number of piperidine rings is 1. The molecule has 0 aliphatic carbocycles. The van der Waals surface area contributed by atoms with Crippen LogP contribution in [0.1, 0.15) is 32.6 Å². The van der Waals surface area contributed by atoms with Gasteiger partial charge in [0.25, 0.3) is 0 Å². The lowest BCUT2D eigenvalue weighted by Gasteiger charge is -2.31. The molecule has 0 radical (unpaired) electrons. The molecule has 106 valence electrons. The minimum atomic E-state index is 0.548. The molecule has 0 saturated carbocycles. The van der Waals surface area contributed by atoms with E-state index in [-0.39, 0.29) is 0 Å². The molecule has 1 aromatic rings. The Morgan fingerprint density at radius 1 is 1.42 bits per heavy atom. The predicted molar refractivity (Wildman–Crippen MR) is 79.7 cm³/mol. The number of anilines is 2. The molecule has 1 aliphatic rings. The Morgan fingerprint density at radius 3 is 2.95 bits per heavy atom. The summed E-state index contributed by atoms with van der Waals surface area (Å²) in [5.74, 6) is 1.76. The van der Waals surface area contributed by atoms with Crippen LogP contribution in [0.5, 0.6) is 0 Å². The number of unbranched alkanes of at least 4 members (excludes halogenated alkanes) is 1. The van der Waals surface area contributed by atoms with Gasteiger partial charge in [-0.2, -0.15) is 4.98 Å². The van der Waals surface area contributed by atoms with Crippen LogP contribution in [0.25, 0.3) is 0 Å². The highest BCUT2D eigenvalue weighted by Gasteiger charge is 2.19. The van der Waals surface area contributed by atoms with Gasteiger partial charge in [-0.05, 0) is 38.4 Å². The van der Waals surface area contributed by atoms with Crippen molar-refractivity contribution in [1.29, 1.82) is 0 Å². The monoisotopic (exact) mass is 263 g/mol. The van der Waals surface area contributed by atoms with E-state index in [0.717, 1.165) is 44.2 Å². The van der Waals surface area contributed by atoms with Crippen molar-refractivity contribution in [2.75, 3.05) is 36.9 Å². The Bertz CT molecular complexity index is 376. The van der Waals surface area contributed by atoms with Crippen LogP contribution in [0.2, 0.25) is 0 Å². The van der Waals surface area contributed by atoms with E-state index in [1.54, 1.807) is 0 Å². The number of hydrogen-bond donors (Lipinski definition) is 2. The molecule has 0 spiro atoms. The number of rotatable bonds is 6. The van der Waals surface area contributed by atoms with Crippen molar-refractivity contribution in [1.82, 2.24) is 15.3 Å². The second-order valence-corrected chi connectivity index (χ2v) is 5.11. The molecule has 0 unspecified atom stereocenters. The molecule has 0 bridgehead atoms. The normalized spacial score (nSPS) is 16.3. The molecule has 0 aromatic carbocycles. The first kappa shape index (κ1) is 14.1. The summed E-state index contributed by atoms with van der Waals surface area (Å²) in [5.41, 5.74) is 0. The van der Waals surface area contributed by atoms with Gasteiger partial charge in [0.15, 0.2) is 0 Å². The summed E-state index contributed by atoms with van der Waals surface area (Å²) in [4.78, 5) is 11.2. The van der Waals surface area contributed by atoms with Crippen molar-refractivity contribution in [3.63, 3.8) is 0 Å². The Balaban J connectivity index is 1.96. The average molecular weight is 263 g/mol. The van der Waals surface area contributed by atoms with Crippen molar-refractivity contribution in [3.05, 3.63) is 12.3 Å². The van der Waals surface area contributed by atoms with E-state index in [9.17, 15) is 0 Å². The van der Waals surface area contributed by atoms with Gasteiger partial charge < -0.3 is 15.5 Å². The van der Waals surface area contributed by atoms with Crippen molar-refractivity contribution in [2.24, 2.45) is 0 Å². The van der Waals surface area contributed by atoms with Gasteiger partial charge in [-0.25, -0.2) is 4.98 Å². The van der Waals surface area contributed by atoms with Gasteiger partial charge in [0.1, 0.15) is 5.82 Å². The van der Waals surface area contributed by atoms with Gasteiger partial charge in [0, 0.05) is 25.8 Å². The minimum absolute atomic E-state index is 0.548. The third kappa shape index (κ3) is 4.06. The SMILES string of the molecule is CCCCNc1ccnc(N(C)C2CCNCC2)n1. The third-order valence-electron chi connectivity index (χ3n) is 3.65. The summed E-state index contributed by atoms with van der Waals surface area (Å²) in [6.07, 6.45) is 6.53. The number of hydrogen-bond acceptors (Lipinski definition) is 5. The molecule has 1 fully saturated rings. The molecule has 0 amide bonds. The van der Waals surface area contributed by atoms with Crippen LogP contribution in [-0.2, 0) is 0 Å². The van der Waals surface area contributed by atoms with Gasteiger partial charge in [-0.15, -0.1) is 0 Å². The van der Waals surface area contributed by atoms with Crippen LogP contribution < -0.4 is 15.5 Å². The molecule has 0 atom stereocenters. The molecule has 2 heterocycles. The zero-order chi connectivity index (χ0) is 13.5. The standard InChI is InChI=1S/C14H25N5/c1-3-4-8-16-13-7-11-17-14(18-13)19(2)12-5-9-15-10-6-12/h7,11-12,15H,3-6,8-10H2,1-2H3,(H,16,17,18).